The Balaban J connectivity index is 3.40. The van der Waals surface area contributed by atoms with Gasteiger partial charge in [0, 0.05) is 0 Å². The maximum absolute atomic E-state index is 11.0. The zero-order chi connectivity index (χ0) is 22.6. The second-order valence-electron chi connectivity index (χ2n) is 10.0. The number of rotatable bonds is 22. The lowest BCUT2D eigenvalue weighted by Crippen LogP contribution is -2.32. The van der Waals surface area contributed by atoms with E-state index >= 15 is 0 Å². The van der Waals surface area contributed by atoms with Crippen LogP contribution in [0.5, 0.6) is 0 Å². The summed E-state index contributed by atoms with van der Waals surface area (Å²) in [6.07, 6.45) is 23.7. The van der Waals surface area contributed by atoms with Gasteiger partial charge in [0.1, 0.15) is 0 Å². The number of aliphatic hydroxyl groups is 1. The maximum atomic E-state index is 11.0. The van der Waals surface area contributed by atoms with Crippen molar-refractivity contribution >= 4 is 5.97 Å². The second-order valence-corrected chi connectivity index (χ2v) is 10.0. The average Bonchev–Trinajstić information content (AvgIpc) is 2.72. The summed E-state index contributed by atoms with van der Waals surface area (Å²) >= 11 is 0. The second kappa shape index (κ2) is 20.3. The highest BCUT2D eigenvalue weighted by molar-refractivity contribution is 5.70. The van der Waals surface area contributed by atoms with Crippen LogP contribution < -0.4 is 0 Å². The number of hydrogen-bond donors (Lipinski definition) is 2. The van der Waals surface area contributed by atoms with Crippen LogP contribution in [-0.4, -0.2) is 22.3 Å². The fraction of sp³-hybridized carbons (Fsp3) is 0.963. The Bertz CT molecular complexity index is 382. The first-order valence-electron chi connectivity index (χ1n) is 13.3. The van der Waals surface area contributed by atoms with Gasteiger partial charge in [0.05, 0.1) is 12.0 Å². The molecule has 0 rings (SSSR count). The van der Waals surface area contributed by atoms with Crippen molar-refractivity contribution in [1.29, 1.82) is 0 Å². The molecule has 30 heavy (non-hydrogen) atoms. The van der Waals surface area contributed by atoms with E-state index in [4.69, 9.17) is 5.11 Å². The summed E-state index contributed by atoms with van der Waals surface area (Å²) in [5.74, 6) is -0.975. The van der Waals surface area contributed by atoms with Crippen LogP contribution in [0.25, 0.3) is 0 Å². The van der Waals surface area contributed by atoms with Crippen LogP contribution in [0.3, 0.4) is 0 Å². The van der Waals surface area contributed by atoms with E-state index in [0.29, 0.717) is 5.92 Å². The maximum Gasteiger partial charge on any atom is 0.308 e. The van der Waals surface area contributed by atoms with Crippen LogP contribution in [0.1, 0.15) is 143 Å². The topological polar surface area (TPSA) is 57.5 Å². The SMILES string of the molecule is CCCCCCCCCCCCCCCCCC[C@H](C)C[C@H](C)[C@@H](O)[C@H](C)C(=O)O. The van der Waals surface area contributed by atoms with Gasteiger partial charge in [-0.3, -0.25) is 4.79 Å². The Labute approximate surface area is 188 Å². The molecule has 0 aromatic heterocycles. The van der Waals surface area contributed by atoms with Crippen molar-refractivity contribution in [2.45, 2.75) is 149 Å². The highest BCUT2D eigenvalue weighted by atomic mass is 16.4. The zero-order valence-corrected chi connectivity index (χ0v) is 20.8. The molecule has 3 nitrogen and oxygen atoms in total. The van der Waals surface area contributed by atoms with E-state index in [1.165, 1.54) is 109 Å². The van der Waals surface area contributed by atoms with Gasteiger partial charge in [0.25, 0.3) is 0 Å². The Morgan fingerprint density at radius 1 is 0.667 bits per heavy atom. The van der Waals surface area contributed by atoms with E-state index in [-0.39, 0.29) is 5.92 Å². The molecule has 4 atom stereocenters. The fourth-order valence-electron chi connectivity index (χ4n) is 4.57. The molecular formula is C27H54O3. The van der Waals surface area contributed by atoms with E-state index < -0.39 is 18.0 Å². The molecule has 0 saturated carbocycles. The molecule has 0 radical (unpaired) electrons. The first-order chi connectivity index (χ1) is 14.4. The fourth-order valence-corrected chi connectivity index (χ4v) is 4.57. The summed E-state index contributed by atoms with van der Waals surface area (Å²) in [7, 11) is 0. The van der Waals surface area contributed by atoms with E-state index in [1.807, 2.05) is 6.92 Å². The van der Waals surface area contributed by atoms with Crippen LogP contribution in [0.2, 0.25) is 0 Å². The van der Waals surface area contributed by atoms with Crippen LogP contribution in [0.15, 0.2) is 0 Å². The molecule has 2 N–H and O–H groups in total. The summed E-state index contributed by atoms with van der Waals surface area (Å²) in [5, 5.41) is 19.2. The van der Waals surface area contributed by atoms with E-state index in [1.54, 1.807) is 6.92 Å². The van der Waals surface area contributed by atoms with Crippen LogP contribution in [-0.2, 0) is 4.79 Å². The molecule has 0 aromatic carbocycles. The molecule has 0 aliphatic rings. The minimum absolute atomic E-state index is 0.0483. The largest absolute Gasteiger partial charge is 0.481 e. The highest BCUT2D eigenvalue weighted by Crippen LogP contribution is 2.24. The molecule has 0 bridgehead atoms. The third-order valence-corrected chi connectivity index (χ3v) is 6.81. The minimum atomic E-state index is -0.903. The Kier molecular flexibility index (Phi) is 20.0. The number of carboxylic acid groups (broad SMARTS) is 1. The molecule has 3 heteroatoms. The molecule has 0 aliphatic heterocycles. The number of carbonyl (C=O) groups is 1. The number of hydrogen-bond acceptors (Lipinski definition) is 2. The van der Waals surface area contributed by atoms with Gasteiger partial charge >= 0.3 is 5.97 Å². The number of unbranched alkanes of at least 4 members (excludes halogenated alkanes) is 15. The van der Waals surface area contributed by atoms with Crippen molar-refractivity contribution in [2.75, 3.05) is 0 Å². The third kappa shape index (κ3) is 17.1. The minimum Gasteiger partial charge on any atom is -0.481 e. The van der Waals surface area contributed by atoms with E-state index in [9.17, 15) is 9.90 Å². The lowest BCUT2D eigenvalue weighted by molar-refractivity contribution is -0.146. The van der Waals surface area contributed by atoms with Gasteiger partial charge in [-0.15, -0.1) is 0 Å². The molecule has 0 aromatic rings. The predicted octanol–water partition coefficient (Wildman–Crippen LogP) is 8.38. The standard InChI is InChI=1S/C27H54O3/c1-5-6-7-8-9-10-11-12-13-14-15-16-17-18-19-20-21-23(2)22-24(3)26(28)25(4)27(29)30/h23-26,28H,5-22H2,1-4H3,(H,29,30)/t23-,24-,25-,26+/m0/s1. The number of aliphatic carboxylic acids is 1. The lowest BCUT2D eigenvalue weighted by Gasteiger charge is -2.24. The molecule has 0 fully saturated rings. The molecule has 180 valence electrons. The summed E-state index contributed by atoms with van der Waals surface area (Å²) in [5.41, 5.74) is 0. The van der Waals surface area contributed by atoms with Crippen molar-refractivity contribution in [3.8, 4) is 0 Å². The van der Waals surface area contributed by atoms with Gasteiger partial charge in [-0.1, -0.05) is 130 Å². The predicted molar refractivity (Wildman–Crippen MR) is 130 cm³/mol. The molecule has 0 heterocycles. The van der Waals surface area contributed by atoms with E-state index in [0.717, 1.165) is 6.42 Å². The Morgan fingerprint density at radius 3 is 1.40 bits per heavy atom. The molecule has 0 spiro atoms. The Morgan fingerprint density at radius 2 is 1.03 bits per heavy atom. The summed E-state index contributed by atoms with van der Waals surface area (Å²) in [6.45, 7) is 8.10. The van der Waals surface area contributed by atoms with Gasteiger partial charge < -0.3 is 10.2 Å². The van der Waals surface area contributed by atoms with Gasteiger partial charge in [0.2, 0.25) is 0 Å². The van der Waals surface area contributed by atoms with Crippen molar-refractivity contribution in [3.05, 3.63) is 0 Å². The quantitative estimate of drug-likeness (QED) is 0.171. The zero-order valence-electron chi connectivity index (χ0n) is 20.8. The van der Waals surface area contributed by atoms with Crippen molar-refractivity contribution in [3.63, 3.8) is 0 Å². The smallest absolute Gasteiger partial charge is 0.308 e. The van der Waals surface area contributed by atoms with Crippen LogP contribution in [0.4, 0.5) is 0 Å². The van der Waals surface area contributed by atoms with Gasteiger partial charge in [0.15, 0.2) is 0 Å². The summed E-state index contributed by atoms with van der Waals surface area (Å²) < 4.78 is 0. The van der Waals surface area contributed by atoms with Crippen molar-refractivity contribution in [2.24, 2.45) is 17.8 Å². The van der Waals surface area contributed by atoms with Gasteiger partial charge in [-0.25, -0.2) is 0 Å². The van der Waals surface area contributed by atoms with Crippen LogP contribution >= 0.6 is 0 Å². The monoisotopic (exact) mass is 426 g/mol. The third-order valence-electron chi connectivity index (χ3n) is 6.81. The summed E-state index contributed by atoms with van der Waals surface area (Å²) in [4.78, 5) is 11.0. The summed E-state index contributed by atoms with van der Waals surface area (Å²) in [6, 6.07) is 0. The lowest BCUT2D eigenvalue weighted by atomic mass is 9.85. The first-order valence-corrected chi connectivity index (χ1v) is 13.3. The molecule has 0 amide bonds. The van der Waals surface area contributed by atoms with Gasteiger partial charge in [-0.2, -0.15) is 0 Å². The highest BCUT2D eigenvalue weighted by Gasteiger charge is 2.27. The van der Waals surface area contributed by atoms with Crippen molar-refractivity contribution < 1.29 is 15.0 Å². The molecular weight excluding hydrogens is 372 g/mol. The van der Waals surface area contributed by atoms with Crippen LogP contribution in [0, 0.1) is 17.8 Å². The first kappa shape index (κ1) is 29.4. The van der Waals surface area contributed by atoms with Crippen molar-refractivity contribution in [1.82, 2.24) is 0 Å². The average molecular weight is 427 g/mol. The van der Waals surface area contributed by atoms with E-state index in [2.05, 4.69) is 13.8 Å². The normalized spacial score (nSPS) is 15.6. The Hall–Kier alpha value is -0.570. The van der Waals surface area contributed by atoms with Gasteiger partial charge in [-0.05, 0) is 25.2 Å². The number of aliphatic hydroxyl groups excluding tert-OH is 1. The molecule has 0 saturated heterocycles. The number of carboxylic acids is 1. The molecule has 0 unspecified atom stereocenters. The molecule has 0 aliphatic carbocycles.